The van der Waals surface area contributed by atoms with E-state index in [1.54, 1.807) is 0 Å². The summed E-state index contributed by atoms with van der Waals surface area (Å²) in [4.78, 5) is 4.80. The number of hydrogen-bond acceptors (Lipinski definition) is 3. The summed E-state index contributed by atoms with van der Waals surface area (Å²) in [5, 5.41) is 14.0. The molecule has 0 aromatic heterocycles. The van der Waals surface area contributed by atoms with Crippen LogP contribution in [0.4, 0.5) is 0 Å². The Hall–Kier alpha value is -1.57. The van der Waals surface area contributed by atoms with Crippen molar-refractivity contribution in [2.75, 3.05) is 7.11 Å². The maximum Gasteiger partial charge on any atom is 0.156 e. The molecule has 1 rings (SSSR count). The molecule has 0 saturated heterocycles. The normalized spacial score (nSPS) is 13.4. The molecule has 0 aliphatic heterocycles. The average molecular weight is 275 g/mol. The Morgan fingerprint density at radius 1 is 1.32 bits per heavy atom. The predicted octanol–water partition coefficient (Wildman–Crippen LogP) is 2.47. The van der Waals surface area contributed by atoms with E-state index in [1.165, 1.54) is 7.11 Å². The fourth-order valence-corrected chi connectivity index (χ4v) is 2.04. The molecule has 3 nitrogen and oxygen atoms in total. The van der Waals surface area contributed by atoms with Gasteiger partial charge in [0.25, 0.3) is 0 Å². The summed E-state index contributed by atoms with van der Waals surface area (Å²) in [6.45, 7) is 6.41. The first-order valence-corrected chi connectivity index (χ1v) is 9.77. The summed E-state index contributed by atoms with van der Waals surface area (Å²) in [7, 11) is -0.0219. The van der Waals surface area contributed by atoms with Crippen molar-refractivity contribution in [3.63, 3.8) is 0 Å². The van der Waals surface area contributed by atoms with Gasteiger partial charge in [-0.3, -0.25) is 0 Å². The van der Waals surface area contributed by atoms with Crippen LogP contribution in [0.25, 0.3) is 0 Å². The van der Waals surface area contributed by atoms with E-state index in [9.17, 15) is 5.11 Å². The second-order valence-corrected chi connectivity index (χ2v) is 10.1. The lowest BCUT2D eigenvalue weighted by atomic mass is 10.1. The van der Waals surface area contributed by atoms with E-state index in [4.69, 9.17) is 4.84 Å². The second-order valence-electron chi connectivity index (χ2n) is 5.35. The van der Waals surface area contributed by atoms with Gasteiger partial charge in [0.15, 0.2) is 6.10 Å². The zero-order valence-corrected chi connectivity index (χ0v) is 13.0. The van der Waals surface area contributed by atoms with E-state index in [-0.39, 0.29) is 0 Å². The van der Waals surface area contributed by atoms with Gasteiger partial charge in [0.2, 0.25) is 0 Å². The lowest BCUT2D eigenvalue weighted by molar-refractivity contribution is 0.203. The molecule has 1 unspecified atom stereocenters. The van der Waals surface area contributed by atoms with E-state index in [2.05, 4.69) is 36.3 Å². The summed E-state index contributed by atoms with van der Waals surface area (Å²) < 4.78 is 0. The van der Waals surface area contributed by atoms with Crippen LogP contribution in [-0.4, -0.2) is 32.1 Å². The number of aliphatic hydroxyl groups is 1. The predicted molar refractivity (Wildman–Crippen MR) is 81.7 cm³/mol. The summed E-state index contributed by atoms with van der Waals surface area (Å²) >= 11 is 0. The fourth-order valence-electron chi connectivity index (χ4n) is 1.47. The highest BCUT2D eigenvalue weighted by Gasteiger charge is 2.14. The van der Waals surface area contributed by atoms with Crippen LogP contribution in [-0.2, 0) is 11.3 Å². The molecule has 0 aliphatic carbocycles. The molecule has 0 amide bonds. The van der Waals surface area contributed by atoms with Crippen LogP contribution in [0.5, 0.6) is 0 Å². The van der Waals surface area contributed by atoms with Crippen molar-refractivity contribution in [2.24, 2.45) is 5.16 Å². The molecule has 0 fully saturated rings. The minimum Gasteiger partial charge on any atom is -0.399 e. The molecular formula is C15H21NO2Si. The molecule has 0 bridgehead atoms. The lowest BCUT2D eigenvalue weighted by Gasteiger charge is -2.09. The van der Waals surface area contributed by atoms with E-state index in [0.717, 1.165) is 5.56 Å². The highest BCUT2D eigenvalue weighted by Crippen LogP contribution is 2.05. The minimum atomic E-state index is -1.50. The molecule has 19 heavy (non-hydrogen) atoms. The molecule has 0 saturated carbocycles. The number of rotatable bonds is 4. The number of oxime groups is 1. The molecule has 1 atom stereocenters. The van der Waals surface area contributed by atoms with Gasteiger partial charge in [0.1, 0.15) is 20.9 Å². The van der Waals surface area contributed by atoms with Crippen molar-refractivity contribution in [1.82, 2.24) is 0 Å². The quantitative estimate of drug-likeness (QED) is 0.397. The Labute approximate surface area is 116 Å². The van der Waals surface area contributed by atoms with Crippen molar-refractivity contribution in [2.45, 2.75) is 32.2 Å². The third-order valence-corrected chi connectivity index (χ3v) is 3.23. The SMILES string of the molecule is CO/N=C(/Cc1ccccc1)C(O)C#C[Si](C)(C)C. The molecule has 0 heterocycles. The molecule has 1 N–H and O–H groups in total. The average Bonchev–Trinajstić information content (AvgIpc) is 2.36. The second kappa shape index (κ2) is 7.12. The molecule has 102 valence electrons. The number of hydrogen-bond donors (Lipinski definition) is 1. The van der Waals surface area contributed by atoms with Gasteiger partial charge in [-0.25, -0.2) is 0 Å². The van der Waals surface area contributed by atoms with Gasteiger partial charge >= 0.3 is 0 Å². The molecule has 0 radical (unpaired) electrons. The van der Waals surface area contributed by atoms with Crippen molar-refractivity contribution < 1.29 is 9.94 Å². The van der Waals surface area contributed by atoms with Gasteiger partial charge in [-0.15, -0.1) is 5.54 Å². The highest BCUT2D eigenvalue weighted by atomic mass is 28.3. The first kappa shape index (κ1) is 15.5. The first-order valence-electron chi connectivity index (χ1n) is 6.27. The van der Waals surface area contributed by atoms with Gasteiger partial charge < -0.3 is 9.94 Å². The van der Waals surface area contributed by atoms with Gasteiger partial charge in [0.05, 0.1) is 0 Å². The molecule has 1 aromatic carbocycles. The highest BCUT2D eigenvalue weighted by molar-refractivity contribution is 6.83. The maximum atomic E-state index is 10.1. The zero-order valence-electron chi connectivity index (χ0n) is 12.0. The number of benzene rings is 1. The van der Waals surface area contributed by atoms with Crippen LogP contribution in [0.2, 0.25) is 19.6 Å². The van der Waals surface area contributed by atoms with Crippen molar-refractivity contribution in [3.05, 3.63) is 35.9 Å². The van der Waals surface area contributed by atoms with E-state index in [0.29, 0.717) is 12.1 Å². The monoisotopic (exact) mass is 275 g/mol. The van der Waals surface area contributed by atoms with Crippen LogP contribution < -0.4 is 0 Å². The van der Waals surface area contributed by atoms with Crippen LogP contribution in [0.15, 0.2) is 35.5 Å². The van der Waals surface area contributed by atoms with Crippen LogP contribution >= 0.6 is 0 Å². The molecule has 0 spiro atoms. The number of nitrogens with zero attached hydrogens (tertiary/aromatic N) is 1. The van der Waals surface area contributed by atoms with Crippen molar-refractivity contribution in [1.29, 1.82) is 0 Å². The summed E-state index contributed by atoms with van der Waals surface area (Å²) in [6.07, 6.45) is -0.331. The maximum absolute atomic E-state index is 10.1. The summed E-state index contributed by atoms with van der Waals surface area (Å²) in [6, 6.07) is 9.85. The van der Waals surface area contributed by atoms with Crippen LogP contribution in [0, 0.1) is 11.5 Å². The van der Waals surface area contributed by atoms with Crippen LogP contribution in [0.3, 0.4) is 0 Å². The molecular weight excluding hydrogens is 254 g/mol. The molecule has 0 aliphatic rings. The van der Waals surface area contributed by atoms with Gasteiger partial charge in [-0.1, -0.05) is 61.0 Å². The third-order valence-electron chi connectivity index (χ3n) is 2.34. The lowest BCUT2D eigenvalue weighted by Crippen LogP contribution is -2.24. The van der Waals surface area contributed by atoms with E-state index in [1.807, 2.05) is 30.3 Å². The Kier molecular flexibility index (Phi) is 5.81. The van der Waals surface area contributed by atoms with Gasteiger partial charge in [-0.2, -0.15) is 0 Å². The Balaban J connectivity index is 2.83. The Bertz CT molecular complexity index is 480. The smallest absolute Gasteiger partial charge is 0.156 e. The van der Waals surface area contributed by atoms with Crippen LogP contribution in [0.1, 0.15) is 5.56 Å². The Morgan fingerprint density at radius 3 is 2.47 bits per heavy atom. The van der Waals surface area contributed by atoms with Crippen molar-refractivity contribution >= 4 is 13.8 Å². The van der Waals surface area contributed by atoms with Gasteiger partial charge in [-0.05, 0) is 5.56 Å². The zero-order chi connectivity index (χ0) is 14.3. The summed E-state index contributed by atoms with van der Waals surface area (Å²) in [5.74, 6) is 2.88. The molecule has 1 aromatic rings. The fraction of sp³-hybridized carbons (Fsp3) is 0.400. The van der Waals surface area contributed by atoms with Crippen molar-refractivity contribution in [3.8, 4) is 11.5 Å². The first-order chi connectivity index (χ1) is 8.92. The minimum absolute atomic E-state index is 0.538. The Morgan fingerprint density at radius 2 is 1.95 bits per heavy atom. The van der Waals surface area contributed by atoms with E-state index >= 15 is 0 Å². The van der Waals surface area contributed by atoms with E-state index < -0.39 is 14.2 Å². The summed E-state index contributed by atoms with van der Waals surface area (Å²) in [5.41, 5.74) is 4.77. The topological polar surface area (TPSA) is 41.8 Å². The van der Waals surface area contributed by atoms with Gasteiger partial charge in [0, 0.05) is 6.42 Å². The third kappa shape index (κ3) is 6.23. The molecule has 4 heteroatoms. The number of aliphatic hydroxyl groups excluding tert-OH is 1. The standard InChI is InChI=1S/C15H21NO2Si/c1-18-16-14(12-13-8-6-5-7-9-13)15(17)10-11-19(2,3)4/h5-9,15,17H,12H2,1-4H3/b16-14-. The largest absolute Gasteiger partial charge is 0.399 e.